The zero-order valence-corrected chi connectivity index (χ0v) is 12.7. The average molecular weight is 337 g/mol. The van der Waals surface area contributed by atoms with Gasteiger partial charge in [0, 0.05) is 29.2 Å². The first-order valence-electron chi connectivity index (χ1n) is 6.81. The summed E-state index contributed by atoms with van der Waals surface area (Å²) in [5.41, 5.74) is 1.89. The van der Waals surface area contributed by atoms with Crippen molar-refractivity contribution in [3.05, 3.63) is 40.7 Å². The van der Waals surface area contributed by atoms with E-state index in [1.165, 1.54) is 12.8 Å². The zero-order valence-electron chi connectivity index (χ0n) is 11.1. The lowest BCUT2D eigenvalue weighted by Gasteiger charge is -2.18. The molecule has 0 amide bonds. The smallest absolute Gasteiger partial charge is 0.226 e. The first-order valence-corrected chi connectivity index (χ1v) is 7.61. The predicted molar refractivity (Wildman–Crippen MR) is 80.2 cm³/mol. The maximum absolute atomic E-state index is 9.11. The SMILES string of the molecule is OCCN(Cc1coc(-c2ccc(Br)cc2)n1)C1CC1. The average Bonchev–Trinajstić information content (AvgIpc) is 3.20. The van der Waals surface area contributed by atoms with Crippen LogP contribution in [-0.2, 0) is 6.54 Å². The Morgan fingerprint density at radius 1 is 1.30 bits per heavy atom. The Labute approximate surface area is 126 Å². The van der Waals surface area contributed by atoms with Gasteiger partial charge >= 0.3 is 0 Å². The van der Waals surface area contributed by atoms with Gasteiger partial charge in [-0.15, -0.1) is 0 Å². The maximum Gasteiger partial charge on any atom is 0.226 e. The van der Waals surface area contributed by atoms with Gasteiger partial charge in [0.1, 0.15) is 6.26 Å². The minimum Gasteiger partial charge on any atom is -0.444 e. The van der Waals surface area contributed by atoms with Gasteiger partial charge in [-0.05, 0) is 37.1 Å². The Morgan fingerprint density at radius 3 is 2.70 bits per heavy atom. The molecule has 0 saturated heterocycles. The molecule has 1 aromatic carbocycles. The molecule has 0 aliphatic heterocycles. The van der Waals surface area contributed by atoms with E-state index in [0.29, 0.717) is 18.5 Å². The quantitative estimate of drug-likeness (QED) is 0.880. The molecule has 2 aromatic rings. The number of benzene rings is 1. The highest BCUT2D eigenvalue weighted by Gasteiger charge is 2.29. The molecule has 1 aliphatic carbocycles. The second kappa shape index (κ2) is 6.08. The van der Waals surface area contributed by atoms with E-state index in [9.17, 15) is 0 Å². The number of rotatable bonds is 6. The van der Waals surface area contributed by atoms with Gasteiger partial charge in [-0.3, -0.25) is 4.90 Å². The highest BCUT2D eigenvalue weighted by Crippen LogP contribution is 2.28. The van der Waals surface area contributed by atoms with Crippen LogP contribution in [0.4, 0.5) is 0 Å². The van der Waals surface area contributed by atoms with Crippen LogP contribution < -0.4 is 0 Å². The number of oxazole rings is 1. The summed E-state index contributed by atoms with van der Waals surface area (Å²) in [6, 6.07) is 8.51. The minimum absolute atomic E-state index is 0.188. The second-order valence-electron chi connectivity index (χ2n) is 5.08. The number of hydrogen-bond donors (Lipinski definition) is 1. The summed E-state index contributed by atoms with van der Waals surface area (Å²) < 4.78 is 6.59. The zero-order chi connectivity index (χ0) is 13.9. The lowest BCUT2D eigenvalue weighted by molar-refractivity contribution is 0.182. The molecule has 0 atom stereocenters. The number of nitrogens with zero attached hydrogens (tertiary/aromatic N) is 2. The molecule has 4 nitrogen and oxygen atoms in total. The van der Waals surface area contributed by atoms with Gasteiger partial charge in [0.05, 0.1) is 12.3 Å². The first kappa shape index (κ1) is 13.8. The van der Waals surface area contributed by atoms with Crippen molar-refractivity contribution in [2.75, 3.05) is 13.2 Å². The molecule has 1 aromatic heterocycles. The van der Waals surface area contributed by atoms with Gasteiger partial charge in [-0.1, -0.05) is 15.9 Å². The third kappa shape index (κ3) is 3.29. The summed E-state index contributed by atoms with van der Waals surface area (Å²) in [4.78, 5) is 6.80. The Hall–Kier alpha value is -1.17. The fourth-order valence-corrected chi connectivity index (χ4v) is 2.54. The fraction of sp³-hybridized carbons (Fsp3) is 0.400. The molecule has 3 rings (SSSR count). The third-order valence-electron chi connectivity index (χ3n) is 3.46. The molecule has 1 heterocycles. The van der Waals surface area contributed by atoms with Crippen LogP contribution in [0.3, 0.4) is 0 Å². The largest absolute Gasteiger partial charge is 0.444 e. The molecular weight excluding hydrogens is 320 g/mol. The molecule has 0 radical (unpaired) electrons. The second-order valence-corrected chi connectivity index (χ2v) is 5.99. The molecule has 1 saturated carbocycles. The van der Waals surface area contributed by atoms with E-state index in [1.807, 2.05) is 24.3 Å². The van der Waals surface area contributed by atoms with Gasteiger partial charge in [0.2, 0.25) is 5.89 Å². The topological polar surface area (TPSA) is 49.5 Å². The fourth-order valence-electron chi connectivity index (χ4n) is 2.27. The van der Waals surface area contributed by atoms with E-state index in [-0.39, 0.29) is 6.61 Å². The first-order chi connectivity index (χ1) is 9.76. The lowest BCUT2D eigenvalue weighted by Crippen LogP contribution is -2.28. The number of aliphatic hydroxyl groups excluding tert-OH is 1. The van der Waals surface area contributed by atoms with Gasteiger partial charge in [-0.2, -0.15) is 0 Å². The van der Waals surface area contributed by atoms with Crippen LogP contribution in [-0.4, -0.2) is 34.2 Å². The lowest BCUT2D eigenvalue weighted by atomic mass is 10.2. The molecule has 0 bridgehead atoms. The van der Waals surface area contributed by atoms with Crippen LogP contribution in [0, 0.1) is 0 Å². The number of hydrogen-bond acceptors (Lipinski definition) is 4. The van der Waals surface area contributed by atoms with Crippen molar-refractivity contribution >= 4 is 15.9 Å². The van der Waals surface area contributed by atoms with E-state index in [1.54, 1.807) is 6.26 Å². The summed E-state index contributed by atoms with van der Waals surface area (Å²) in [6.45, 7) is 1.63. The van der Waals surface area contributed by atoms with Crippen LogP contribution in [0.5, 0.6) is 0 Å². The van der Waals surface area contributed by atoms with E-state index in [4.69, 9.17) is 9.52 Å². The van der Waals surface area contributed by atoms with E-state index >= 15 is 0 Å². The Kier molecular flexibility index (Phi) is 4.19. The van der Waals surface area contributed by atoms with Crippen molar-refractivity contribution in [2.45, 2.75) is 25.4 Å². The molecule has 0 unspecified atom stereocenters. The van der Waals surface area contributed by atoms with Crippen molar-refractivity contribution in [3.63, 3.8) is 0 Å². The highest BCUT2D eigenvalue weighted by atomic mass is 79.9. The third-order valence-corrected chi connectivity index (χ3v) is 3.99. The van der Waals surface area contributed by atoms with Crippen LogP contribution in [0.15, 0.2) is 39.4 Å². The number of aliphatic hydroxyl groups is 1. The molecular formula is C15H17BrN2O2. The summed E-state index contributed by atoms with van der Waals surface area (Å²) in [6.07, 6.45) is 4.15. The van der Waals surface area contributed by atoms with Crippen LogP contribution in [0.25, 0.3) is 11.5 Å². The Morgan fingerprint density at radius 2 is 2.05 bits per heavy atom. The Bertz CT molecular complexity index is 564. The highest BCUT2D eigenvalue weighted by molar-refractivity contribution is 9.10. The molecule has 20 heavy (non-hydrogen) atoms. The van der Waals surface area contributed by atoms with Gasteiger partial charge in [-0.25, -0.2) is 4.98 Å². The van der Waals surface area contributed by atoms with Crippen LogP contribution in [0.1, 0.15) is 18.5 Å². The van der Waals surface area contributed by atoms with Crippen molar-refractivity contribution in [1.29, 1.82) is 0 Å². The van der Waals surface area contributed by atoms with Gasteiger partial charge in [0.15, 0.2) is 0 Å². The maximum atomic E-state index is 9.11. The van der Waals surface area contributed by atoms with Gasteiger partial charge in [0.25, 0.3) is 0 Å². The molecule has 1 N–H and O–H groups in total. The standard InChI is InChI=1S/C15H17BrN2O2/c16-12-3-1-11(2-4-12)15-17-13(10-20-15)9-18(7-8-19)14-5-6-14/h1-4,10,14,19H,5-9H2. The minimum atomic E-state index is 0.188. The van der Waals surface area contributed by atoms with Crippen molar-refractivity contribution in [3.8, 4) is 11.5 Å². The molecule has 5 heteroatoms. The molecule has 0 spiro atoms. The molecule has 106 valence electrons. The van der Waals surface area contributed by atoms with Crippen LogP contribution in [0.2, 0.25) is 0 Å². The number of halogens is 1. The number of aromatic nitrogens is 1. The van der Waals surface area contributed by atoms with Gasteiger partial charge < -0.3 is 9.52 Å². The molecule has 1 aliphatic rings. The monoisotopic (exact) mass is 336 g/mol. The van der Waals surface area contributed by atoms with E-state index in [2.05, 4.69) is 25.8 Å². The summed E-state index contributed by atoms with van der Waals surface area (Å²) in [5.74, 6) is 0.646. The van der Waals surface area contributed by atoms with E-state index in [0.717, 1.165) is 22.3 Å². The normalized spacial score (nSPS) is 14.9. The van der Waals surface area contributed by atoms with E-state index < -0.39 is 0 Å². The summed E-state index contributed by atoms with van der Waals surface area (Å²) >= 11 is 3.41. The van der Waals surface area contributed by atoms with Crippen LogP contribution >= 0.6 is 15.9 Å². The van der Waals surface area contributed by atoms with Crippen molar-refractivity contribution in [1.82, 2.24) is 9.88 Å². The predicted octanol–water partition coefficient (Wildman–Crippen LogP) is 3.06. The molecule has 1 fully saturated rings. The van der Waals surface area contributed by atoms with Crippen molar-refractivity contribution in [2.24, 2.45) is 0 Å². The summed E-state index contributed by atoms with van der Waals surface area (Å²) in [7, 11) is 0. The Balaban J connectivity index is 1.71. The summed E-state index contributed by atoms with van der Waals surface area (Å²) in [5, 5.41) is 9.11. The van der Waals surface area contributed by atoms with Crippen molar-refractivity contribution < 1.29 is 9.52 Å².